The average Bonchev–Trinajstić information content (AvgIpc) is 2.46. The highest BCUT2D eigenvalue weighted by atomic mass is 35.5. The van der Waals surface area contributed by atoms with Crippen molar-refractivity contribution in [2.75, 3.05) is 25.0 Å². The molecular weight excluding hydrogens is 284 g/mol. The molecule has 0 atom stereocenters. The van der Waals surface area contributed by atoms with E-state index in [1.807, 2.05) is 57.1 Å². The molecule has 0 fully saturated rings. The first-order valence-corrected chi connectivity index (χ1v) is 7.59. The van der Waals surface area contributed by atoms with E-state index in [9.17, 15) is 0 Å². The van der Waals surface area contributed by atoms with Gasteiger partial charge in [-0.1, -0.05) is 22.9 Å². The Bertz CT molecular complexity index is 480. The van der Waals surface area contributed by atoms with Crippen molar-refractivity contribution in [3.8, 4) is 0 Å². The molecule has 0 spiro atoms. The lowest BCUT2D eigenvalue weighted by Crippen LogP contribution is -2.30. The third kappa shape index (κ3) is 6.17. The number of benzene rings is 1. The van der Waals surface area contributed by atoms with E-state index in [1.165, 1.54) is 5.70 Å². The maximum atomic E-state index is 5.96. The minimum Gasteiger partial charge on any atom is -0.344 e. The molecule has 21 heavy (non-hydrogen) atoms. The van der Waals surface area contributed by atoms with Crippen molar-refractivity contribution in [3.05, 3.63) is 41.1 Å². The topological polar surface area (TPSA) is 31.2 Å². The van der Waals surface area contributed by atoms with Gasteiger partial charge in [-0.25, -0.2) is 0 Å². The van der Waals surface area contributed by atoms with Crippen LogP contribution in [0.4, 0.5) is 5.69 Å². The predicted octanol–water partition coefficient (Wildman–Crippen LogP) is 4.78. The minimum absolute atomic E-state index is 0.220. The molecule has 1 aromatic rings. The fourth-order valence-electron chi connectivity index (χ4n) is 1.77. The van der Waals surface area contributed by atoms with Gasteiger partial charge in [0.1, 0.15) is 0 Å². The summed E-state index contributed by atoms with van der Waals surface area (Å²) in [6.45, 7) is 9.81. The van der Waals surface area contributed by atoms with Crippen LogP contribution in [0.25, 0.3) is 0 Å². The third-order valence-corrected chi connectivity index (χ3v) is 3.32. The molecule has 116 valence electrons. The van der Waals surface area contributed by atoms with E-state index in [4.69, 9.17) is 11.6 Å². The fraction of sp³-hybridized carbons (Fsp3) is 0.500. The first kappa shape index (κ1) is 17.5. The Balaban J connectivity index is 2.74. The molecule has 0 saturated heterocycles. The van der Waals surface area contributed by atoms with Crippen LogP contribution in [-0.2, 0) is 0 Å². The van der Waals surface area contributed by atoms with Gasteiger partial charge in [0.25, 0.3) is 0 Å². The Hall–Kier alpha value is -1.55. The van der Waals surface area contributed by atoms with Crippen LogP contribution >= 0.6 is 11.6 Å². The van der Waals surface area contributed by atoms with Crippen LogP contribution in [0.5, 0.6) is 0 Å². The van der Waals surface area contributed by atoms with E-state index in [2.05, 4.69) is 28.2 Å². The quantitative estimate of drug-likeness (QED) is 0.536. The van der Waals surface area contributed by atoms with Crippen molar-refractivity contribution in [1.82, 2.24) is 5.01 Å². The summed E-state index contributed by atoms with van der Waals surface area (Å²) < 4.78 is 0. The predicted molar refractivity (Wildman–Crippen MR) is 90.9 cm³/mol. The lowest BCUT2D eigenvalue weighted by atomic mass is 10.2. The normalized spacial score (nSPS) is 12.2. The number of allylic oxidation sites excluding steroid dienone is 2. The van der Waals surface area contributed by atoms with E-state index in [0.717, 1.165) is 23.8 Å². The van der Waals surface area contributed by atoms with Gasteiger partial charge in [0.05, 0.1) is 12.6 Å². The van der Waals surface area contributed by atoms with Gasteiger partial charge in [-0.15, -0.1) is 0 Å². The Morgan fingerprint density at radius 3 is 2.38 bits per heavy atom. The standard InChI is InChI=1S/C16H25ClN4/c1-6-14(4)21(16-9-7-15(17)8-10-16)12-11-20(5)19-18-13(2)3/h6-10,13H,11-12H2,1-5H3/b14-6+,19-18?. The van der Waals surface area contributed by atoms with E-state index in [-0.39, 0.29) is 6.04 Å². The van der Waals surface area contributed by atoms with Crippen LogP contribution in [0, 0.1) is 0 Å². The summed E-state index contributed by atoms with van der Waals surface area (Å²) in [4.78, 5) is 2.25. The Morgan fingerprint density at radius 1 is 1.24 bits per heavy atom. The van der Waals surface area contributed by atoms with E-state index < -0.39 is 0 Å². The van der Waals surface area contributed by atoms with Gasteiger partial charge in [-0.2, -0.15) is 5.11 Å². The molecule has 5 heteroatoms. The third-order valence-electron chi connectivity index (χ3n) is 3.06. The molecule has 1 rings (SSSR count). The minimum atomic E-state index is 0.220. The van der Waals surface area contributed by atoms with Crippen molar-refractivity contribution in [2.45, 2.75) is 33.7 Å². The second-order valence-electron chi connectivity index (χ2n) is 5.24. The highest BCUT2D eigenvalue weighted by Crippen LogP contribution is 2.21. The summed E-state index contributed by atoms with van der Waals surface area (Å²) in [7, 11) is 1.94. The van der Waals surface area contributed by atoms with Gasteiger partial charge < -0.3 is 4.90 Å². The van der Waals surface area contributed by atoms with Crippen LogP contribution in [-0.4, -0.2) is 31.2 Å². The molecule has 0 N–H and O–H groups in total. The van der Waals surface area contributed by atoms with Gasteiger partial charge in [0, 0.05) is 30.0 Å². The highest BCUT2D eigenvalue weighted by molar-refractivity contribution is 6.30. The number of likely N-dealkylation sites (N-methyl/N-ethyl adjacent to an activating group) is 1. The van der Waals surface area contributed by atoms with Gasteiger partial charge in [0.2, 0.25) is 0 Å². The molecule has 0 amide bonds. The first-order valence-electron chi connectivity index (χ1n) is 7.22. The summed E-state index contributed by atoms with van der Waals surface area (Å²) in [5.74, 6) is 0. The Kier molecular flexibility index (Phi) is 7.23. The number of halogens is 1. The fourth-order valence-corrected chi connectivity index (χ4v) is 1.89. The van der Waals surface area contributed by atoms with E-state index in [0.29, 0.717) is 0 Å². The summed E-state index contributed by atoms with van der Waals surface area (Å²) in [5.41, 5.74) is 2.33. The number of anilines is 1. The number of rotatable bonds is 7. The maximum absolute atomic E-state index is 5.96. The lowest BCUT2D eigenvalue weighted by molar-refractivity contribution is 0.328. The largest absolute Gasteiger partial charge is 0.344 e. The summed E-state index contributed by atoms with van der Waals surface area (Å²) in [5, 5.41) is 10.9. The van der Waals surface area contributed by atoms with E-state index in [1.54, 1.807) is 0 Å². The molecular formula is C16H25ClN4. The zero-order valence-electron chi connectivity index (χ0n) is 13.5. The van der Waals surface area contributed by atoms with Gasteiger partial charge >= 0.3 is 0 Å². The molecule has 4 nitrogen and oxygen atoms in total. The van der Waals surface area contributed by atoms with E-state index >= 15 is 0 Å². The average molecular weight is 309 g/mol. The highest BCUT2D eigenvalue weighted by Gasteiger charge is 2.09. The zero-order valence-corrected chi connectivity index (χ0v) is 14.3. The molecule has 0 saturated carbocycles. The van der Waals surface area contributed by atoms with Crippen molar-refractivity contribution >= 4 is 17.3 Å². The van der Waals surface area contributed by atoms with Gasteiger partial charge in [-0.05, 0) is 52.0 Å². The second-order valence-corrected chi connectivity index (χ2v) is 5.67. The van der Waals surface area contributed by atoms with Crippen LogP contribution in [0.3, 0.4) is 0 Å². The van der Waals surface area contributed by atoms with Crippen LogP contribution in [0.1, 0.15) is 27.7 Å². The molecule has 0 aliphatic carbocycles. The van der Waals surface area contributed by atoms with Crippen LogP contribution in [0.2, 0.25) is 5.02 Å². The molecule has 0 unspecified atom stereocenters. The zero-order chi connectivity index (χ0) is 15.8. The molecule has 0 aliphatic heterocycles. The lowest BCUT2D eigenvalue weighted by Gasteiger charge is -2.27. The van der Waals surface area contributed by atoms with Crippen LogP contribution in [0.15, 0.2) is 46.4 Å². The van der Waals surface area contributed by atoms with Crippen molar-refractivity contribution in [2.24, 2.45) is 10.3 Å². The monoisotopic (exact) mass is 308 g/mol. The molecule has 0 bridgehead atoms. The maximum Gasteiger partial charge on any atom is 0.0673 e. The molecule has 0 aliphatic rings. The number of hydrogen-bond acceptors (Lipinski definition) is 3. The molecule has 0 radical (unpaired) electrons. The SMILES string of the molecule is C/C=C(\C)N(CCN(C)N=NC(C)C)c1ccc(Cl)cc1. The number of nitrogens with zero attached hydrogens (tertiary/aromatic N) is 4. The van der Waals surface area contributed by atoms with Crippen molar-refractivity contribution in [3.63, 3.8) is 0 Å². The Labute approximate surface area is 133 Å². The molecule has 0 aromatic heterocycles. The van der Waals surface area contributed by atoms with Crippen LogP contribution < -0.4 is 4.90 Å². The summed E-state index contributed by atoms with van der Waals surface area (Å²) in [6.07, 6.45) is 2.10. The smallest absolute Gasteiger partial charge is 0.0673 e. The van der Waals surface area contributed by atoms with Gasteiger partial charge in [-0.3, -0.25) is 5.01 Å². The summed E-state index contributed by atoms with van der Waals surface area (Å²) in [6, 6.07) is 8.11. The molecule has 0 heterocycles. The van der Waals surface area contributed by atoms with Crippen molar-refractivity contribution < 1.29 is 0 Å². The summed E-state index contributed by atoms with van der Waals surface area (Å²) >= 11 is 5.96. The Morgan fingerprint density at radius 2 is 1.86 bits per heavy atom. The second kappa shape index (κ2) is 8.67. The van der Waals surface area contributed by atoms with Gasteiger partial charge in [0.15, 0.2) is 0 Å². The number of hydrogen-bond donors (Lipinski definition) is 0. The van der Waals surface area contributed by atoms with Crippen molar-refractivity contribution in [1.29, 1.82) is 0 Å². The molecule has 1 aromatic carbocycles. The first-order chi connectivity index (χ1) is 9.93.